The maximum absolute atomic E-state index is 9.06. The first-order valence-electron chi connectivity index (χ1n) is 4.25. The summed E-state index contributed by atoms with van der Waals surface area (Å²) in [6.07, 6.45) is -0.447. The molecule has 14 heavy (non-hydrogen) atoms. The molecule has 0 aliphatic rings. The summed E-state index contributed by atoms with van der Waals surface area (Å²) in [6, 6.07) is 6.98. The number of benzene rings is 1. The number of nitrogens with zero attached hydrogens (tertiary/aromatic N) is 1. The Bertz CT molecular complexity index is 358. The van der Waals surface area contributed by atoms with Crippen LogP contribution in [0.15, 0.2) is 18.2 Å². The van der Waals surface area contributed by atoms with Crippen LogP contribution in [-0.2, 0) is 0 Å². The zero-order valence-electron chi connectivity index (χ0n) is 7.79. The SMILES string of the molecule is C[C@@H](O)CNc1cc(C#N)ccc1Cl. The number of hydrogen-bond acceptors (Lipinski definition) is 3. The second kappa shape index (κ2) is 4.85. The fraction of sp³-hybridized carbons (Fsp3) is 0.300. The Balaban J connectivity index is 2.80. The number of nitriles is 1. The number of hydrogen-bond donors (Lipinski definition) is 2. The van der Waals surface area contributed by atoms with Crippen LogP contribution < -0.4 is 5.32 Å². The van der Waals surface area contributed by atoms with Crippen molar-refractivity contribution < 1.29 is 5.11 Å². The number of aliphatic hydroxyl groups excluding tert-OH is 1. The molecule has 0 aliphatic carbocycles. The largest absolute Gasteiger partial charge is 0.392 e. The van der Waals surface area contributed by atoms with E-state index in [1.54, 1.807) is 25.1 Å². The van der Waals surface area contributed by atoms with E-state index in [0.29, 0.717) is 22.8 Å². The molecule has 0 bridgehead atoms. The van der Waals surface area contributed by atoms with Crippen LogP contribution in [0.2, 0.25) is 5.02 Å². The van der Waals surface area contributed by atoms with Crippen molar-refractivity contribution in [3.63, 3.8) is 0 Å². The Morgan fingerprint density at radius 3 is 2.93 bits per heavy atom. The number of aliphatic hydroxyl groups is 1. The molecule has 0 aliphatic heterocycles. The lowest BCUT2D eigenvalue weighted by Crippen LogP contribution is -2.15. The molecule has 0 fully saturated rings. The highest BCUT2D eigenvalue weighted by Crippen LogP contribution is 2.22. The first-order valence-corrected chi connectivity index (χ1v) is 4.63. The van der Waals surface area contributed by atoms with E-state index in [2.05, 4.69) is 5.32 Å². The summed E-state index contributed by atoms with van der Waals surface area (Å²) in [6.45, 7) is 2.09. The molecule has 1 atom stereocenters. The first kappa shape index (κ1) is 10.8. The van der Waals surface area contributed by atoms with Crippen molar-refractivity contribution in [2.24, 2.45) is 0 Å². The van der Waals surface area contributed by atoms with Crippen molar-refractivity contribution in [2.45, 2.75) is 13.0 Å². The average Bonchev–Trinajstić information content (AvgIpc) is 2.16. The van der Waals surface area contributed by atoms with Gasteiger partial charge < -0.3 is 10.4 Å². The lowest BCUT2D eigenvalue weighted by molar-refractivity contribution is 0.208. The van der Waals surface area contributed by atoms with E-state index in [-0.39, 0.29) is 0 Å². The number of anilines is 1. The van der Waals surface area contributed by atoms with Gasteiger partial charge in [-0.2, -0.15) is 5.26 Å². The van der Waals surface area contributed by atoms with Crippen molar-refractivity contribution in [1.29, 1.82) is 5.26 Å². The van der Waals surface area contributed by atoms with Gasteiger partial charge in [0.1, 0.15) is 0 Å². The van der Waals surface area contributed by atoms with Gasteiger partial charge in [-0.25, -0.2) is 0 Å². The highest BCUT2D eigenvalue weighted by molar-refractivity contribution is 6.33. The van der Waals surface area contributed by atoms with E-state index >= 15 is 0 Å². The zero-order valence-corrected chi connectivity index (χ0v) is 8.54. The van der Waals surface area contributed by atoms with Crippen molar-refractivity contribution in [3.05, 3.63) is 28.8 Å². The average molecular weight is 211 g/mol. The van der Waals surface area contributed by atoms with Crippen LogP contribution in [0.3, 0.4) is 0 Å². The van der Waals surface area contributed by atoms with Gasteiger partial charge in [0, 0.05) is 6.54 Å². The molecule has 1 aromatic rings. The molecule has 0 saturated heterocycles. The van der Waals surface area contributed by atoms with E-state index in [1.807, 2.05) is 6.07 Å². The Morgan fingerprint density at radius 2 is 2.36 bits per heavy atom. The van der Waals surface area contributed by atoms with Gasteiger partial charge in [-0.15, -0.1) is 0 Å². The van der Waals surface area contributed by atoms with Gasteiger partial charge in [-0.05, 0) is 25.1 Å². The number of rotatable bonds is 3. The summed E-state index contributed by atoms with van der Waals surface area (Å²) >= 11 is 5.88. The quantitative estimate of drug-likeness (QED) is 0.803. The second-order valence-electron chi connectivity index (χ2n) is 3.04. The Kier molecular flexibility index (Phi) is 3.75. The normalized spacial score (nSPS) is 11.9. The van der Waals surface area contributed by atoms with E-state index in [0.717, 1.165) is 0 Å². The summed E-state index contributed by atoms with van der Waals surface area (Å²) in [7, 11) is 0. The third-order valence-corrected chi connectivity index (χ3v) is 2.01. The van der Waals surface area contributed by atoms with E-state index in [4.69, 9.17) is 22.0 Å². The smallest absolute Gasteiger partial charge is 0.0992 e. The summed E-state index contributed by atoms with van der Waals surface area (Å²) in [5, 5.41) is 21.2. The molecule has 0 amide bonds. The highest BCUT2D eigenvalue weighted by atomic mass is 35.5. The van der Waals surface area contributed by atoms with Crippen molar-refractivity contribution in [3.8, 4) is 6.07 Å². The van der Waals surface area contributed by atoms with E-state index in [1.165, 1.54) is 0 Å². The molecular weight excluding hydrogens is 200 g/mol. The van der Waals surface area contributed by atoms with Gasteiger partial charge in [0.2, 0.25) is 0 Å². The van der Waals surface area contributed by atoms with Gasteiger partial charge in [-0.1, -0.05) is 11.6 Å². The summed E-state index contributed by atoms with van der Waals surface area (Å²) < 4.78 is 0. The third kappa shape index (κ3) is 2.91. The van der Waals surface area contributed by atoms with Crippen LogP contribution in [-0.4, -0.2) is 17.8 Å². The van der Waals surface area contributed by atoms with Crippen LogP contribution in [0.4, 0.5) is 5.69 Å². The highest BCUT2D eigenvalue weighted by Gasteiger charge is 2.02. The van der Waals surface area contributed by atoms with Gasteiger partial charge in [0.15, 0.2) is 0 Å². The monoisotopic (exact) mass is 210 g/mol. The molecule has 2 N–H and O–H groups in total. The van der Waals surface area contributed by atoms with Crippen LogP contribution >= 0.6 is 11.6 Å². The molecule has 0 saturated carbocycles. The number of nitrogens with one attached hydrogen (secondary N) is 1. The van der Waals surface area contributed by atoms with E-state index < -0.39 is 6.10 Å². The van der Waals surface area contributed by atoms with Crippen LogP contribution in [0.5, 0.6) is 0 Å². The van der Waals surface area contributed by atoms with Gasteiger partial charge >= 0.3 is 0 Å². The predicted molar refractivity (Wildman–Crippen MR) is 56.3 cm³/mol. The Morgan fingerprint density at radius 1 is 1.64 bits per heavy atom. The minimum absolute atomic E-state index is 0.411. The molecule has 1 rings (SSSR count). The lowest BCUT2D eigenvalue weighted by Gasteiger charge is -2.09. The molecule has 0 spiro atoms. The van der Waals surface area contributed by atoms with E-state index in [9.17, 15) is 0 Å². The van der Waals surface area contributed by atoms with Crippen molar-refractivity contribution >= 4 is 17.3 Å². The lowest BCUT2D eigenvalue weighted by atomic mass is 10.2. The maximum atomic E-state index is 9.06. The van der Waals surface area contributed by atoms with Crippen LogP contribution in [0.25, 0.3) is 0 Å². The number of halogens is 1. The molecule has 0 unspecified atom stereocenters. The van der Waals surface area contributed by atoms with Gasteiger partial charge in [-0.3, -0.25) is 0 Å². The minimum Gasteiger partial charge on any atom is -0.392 e. The molecule has 4 heteroatoms. The van der Waals surface area contributed by atoms with Crippen molar-refractivity contribution in [2.75, 3.05) is 11.9 Å². The summed E-state index contributed by atoms with van der Waals surface area (Å²) in [4.78, 5) is 0. The fourth-order valence-electron chi connectivity index (χ4n) is 0.988. The second-order valence-corrected chi connectivity index (χ2v) is 3.44. The Labute approximate surface area is 87.9 Å². The minimum atomic E-state index is -0.447. The molecule has 3 nitrogen and oxygen atoms in total. The van der Waals surface area contributed by atoms with Crippen molar-refractivity contribution in [1.82, 2.24) is 0 Å². The molecule has 0 heterocycles. The zero-order chi connectivity index (χ0) is 10.6. The topological polar surface area (TPSA) is 56.0 Å². The molecular formula is C10H11ClN2O. The van der Waals surface area contributed by atoms with Crippen LogP contribution in [0.1, 0.15) is 12.5 Å². The standard InChI is InChI=1S/C10H11ClN2O/c1-7(14)6-13-10-4-8(5-12)2-3-9(10)11/h2-4,7,13-14H,6H2,1H3/t7-/m1/s1. The predicted octanol–water partition coefficient (Wildman–Crippen LogP) is 2.00. The molecule has 1 aromatic carbocycles. The maximum Gasteiger partial charge on any atom is 0.0992 e. The molecule has 0 aromatic heterocycles. The van der Waals surface area contributed by atoms with Crippen LogP contribution in [0, 0.1) is 11.3 Å². The first-order chi connectivity index (χ1) is 6.63. The summed E-state index contributed by atoms with van der Waals surface area (Å²) in [5.74, 6) is 0. The fourth-order valence-corrected chi connectivity index (χ4v) is 1.17. The molecule has 74 valence electrons. The van der Waals surface area contributed by atoms with Gasteiger partial charge in [0.05, 0.1) is 28.4 Å². The summed E-state index contributed by atoms with van der Waals surface area (Å²) in [5.41, 5.74) is 1.22. The Hall–Kier alpha value is -1.24. The third-order valence-electron chi connectivity index (χ3n) is 1.68. The van der Waals surface area contributed by atoms with Gasteiger partial charge in [0.25, 0.3) is 0 Å². The molecule has 0 radical (unpaired) electrons.